The summed E-state index contributed by atoms with van der Waals surface area (Å²) in [4.78, 5) is 44.8. The second kappa shape index (κ2) is 10.6. The van der Waals surface area contributed by atoms with Crippen molar-refractivity contribution in [2.45, 2.75) is 6.54 Å². The zero-order valence-electron chi connectivity index (χ0n) is 19.9. The molecular formula is C29H21ClN4O4. The highest BCUT2D eigenvalue weighted by Crippen LogP contribution is 2.20. The van der Waals surface area contributed by atoms with E-state index in [2.05, 4.69) is 20.6 Å². The van der Waals surface area contributed by atoms with Crippen molar-refractivity contribution >= 4 is 57.3 Å². The molecule has 9 heteroatoms. The molecule has 5 rings (SSSR count). The van der Waals surface area contributed by atoms with Gasteiger partial charge in [-0.05, 0) is 65.1 Å². The molecular weight excluding hydrogens is 504 g/mol. The Hall–Kier alpha value is -4.95. The number of carboxylic acid groups (broad SMARTS) is 1. The highest BCUT2D eigenvalue weighted by molar-refractivity contribution is 6.34. The zero-order chi connectivity index (χ0) is 26.6. The van der Waals surface area contributed by atoms with Gasteiger partial charge in [0.05, 0.1) is 16.1 Å². The molecule has 0 aliphatic rings. The lowest BCUT2D eigenvalue weighted by Gasteiger charge is -2.10. The van der Waals surface area contributed by atoms with E-state index >= 15 is 0 Å². The smallest absolute Gasteiger partial charge is 0.352 e. The van der Waals surface area contributed by atoms with Gasteiger partial charge in [0.1, 0.15) is 5.70 Å². The van der Waals surface area contributed by atoms with Crippen LogP contribution < -0.4 is 10.6 Å². The molecule has 2 aromatic heterocycles. The number of aliphatic carboxylic acids is 1. The summed E-state index contributed by atoms with van der Waals surface area (Å²) < 4.78 is 0. The van der Waals surface area contributed by atoms with Gasteiger partial charge in [0.25, 0.3) is 11.8 Å². The van der Waals surface area contributed by atoms with Gasteiger partial charge in [-0.1, -0.05) is 41.9 Å². The van der Waals surface area contributed by atoms with E-state index in [-0.39, 0.29) is 27.8 Å². The van der Waals surface area contributed by atoms with Crippen molar-refractivity contribution in [1.82, 2.24) is 20.6 Å². The molecule has 8 nitrogen and oxygen atoms in total. The van der Waals surface area contributed by atoms with Crippen LogP contribution in [0.4, 0.5) is 0 Å². The first-order valence-electron chi connectivity index (χ1n) is 11.6. The number of carbonyl (C=O) groups excluding carboxylic acids is 2. The van der Waals surface area contributed by atoms with E-state index in [9.17, 15) is 19.5 Å². The predicted octanol–water partition coefficient (Wildman–Crippen LogP) is 5.16. The number of hydrogen-bond acceptors (Lipinski definition) is 4. The number of rotatable bonds is 7. The summed E-state index contributed by atoms with van der Waals surface area (Å²) in [5.74, 6) is -2.40. The van der Waals surface area contributed by atoms with Crippen molar-refractivity contribution in [2.24, 2.45) is 0 Å². The van der Waals surface area contributed by atoms with Crippen molar-refractivity contribution in [3.63, 3.8) is 0 Å². The summed E-state index contributed by atoms with van der Waals surface area (Å²) in [6.07, 6.45) is 4.69. The normalized spacial score (nSPS) is 11.4. The van der Waals surface area contributed by atoms with Crippen LogP contribution in [-0.4, -0.2) is 32.9 Å². The number of para-hydroxylation sites is 1. The lowest BCUT2D eigenvalue weighted by Crippen LogP contribution is -2.28. The topological polar surface area (TPSA) is 124 Å². The molecule has 3 aromatic carbocycles. The Labute approximate surface area is 222 Å². The van der Waals surface area contributed by atoms with E-state index in [0.717, 1.165) is 27.4 Å². The number of carboxylic acids is 1. The minimum absolute atomic E-state index is 0.0139. The Kier molecular flexibility index (Phi) is 6.88. The van der Waals surface area contributed by atoms with Crippen LogP contribution in [-0.2, 0) is 11.3 Å². The van der Waals surface area contributed by atoms with E-state index in [0.29, 0.717) is 12.1 Å². The van der Waals surface area contributed by atoms with Gasteiger partial charge >= 0.3 is 5.97 Å². The molecule has 4 N–H and O–H groups in total. The molecule has 5 aromatic rings. The summed E-state index contributed by atoms with van der Waals surface area (Å²) in [6, 6.07) is 21.2. The van der Waals surface area contributed by atoms with Gasteiger partial charge in [-0.25, -0.2) is 4.79 Å². The molecule has 0 saturated heterocycles. The lowest BCUT2D eigenvalue weighted by atomic mass is 10.1. The maximum Gasteiger partial charge on any atom is 0.352 e. The number of carbonyl (C=O) groups is 3. The van der Waals surface area contributed by atoms with Crippen molar-refractivity contribution in [3.05, 3.63) is 118 Å². The Balaban J connectivity index is 1.28. The Bertz CT molecular complexity index is 1740. The molecule has 188 valence electrons. The monoisotopic (exact) mass is 524 g/mol. The summed E-state index contributed by atoms with van der Waals surface area (Å²) in [5, 5.41) is 16.8. The number of pyridine rings is 1. The number of fused-ring (bicyclic) bond motifs is 2. The largest absolute Gasteiger partial charge is 0.477 e. The fourth-order valence-corrected chi connectivity index (χ4v) is 4.27. The molecule has 0 aliphatic heterocycles. The highest BCUT2D eigenvalue weighted by atomic mass is 35.5. The standard InChI is InChI=1S/C29H21ClN4O4/c30-23-14-21(27(35)33-15-17-5-6-19-9-10-31-25(19)12-17)7-8-22(23)28(36)34-26(29(37)38)13-18-11-20-3-1-2-4-24(20)32-16-18/h1-14,16,31H,15H2,(H,33,35)(H,34,36)(H,37,38). The third-order valence-electron chi connectivity index (χ3n) is 5.95. The number of hydrogen-bond donors (Lipinski definition) is 4. The van der Waals surface area contributed by atoms with Crippen LogP contribution in [0, 0.1) is 0 Å². The van der Waals surface area contributed by atoms with Gasteiger partial charge in [0.15, 0.2) is 0 Å². The van der Waals surface area contributed by atoms with Crippen molar-refractivity contribution in [2.75, 3.05) is 0 Å². The Morgan fingerprint density at radius 2 is 1.79 bits per heavy atom. The van der Waals surface area contributed by atoms with Gasteiger partial charge in [0.2, 0.25) is 0 Å². The molecule has 0 atom stereocenters. The predicted molar refractivity (Wildman–Crippen MR) is 146 cm³/mol. The third kappa shape index (κ3) is 5.40. The molecule has 0 radical (unpaired) electrons. The fourth-order valence-electron chi connectivity index (χ4n) is 4.00. The minimum atomic E-state index is -1.32. The molecule has 0 unspecified atom stereocenters. The molecule has 0 aliphatic carbocycles. The van der Waals surface area contributed by atoms with Crippen LogP contribution >= 0.6 is 11.6 Å². The van der Waals surface area contributed by atoms with Crippen LogP contribution in [0.3, 0.4) is 0 Å². The van der Waals surface area contributed by atoms with Crippen LogP contribution in [0.1, 0.15) is 31.8 Å². The first-order valence-corrected chi connectivity index (χ1v) is 12.0. The molecule has 0 bridgehead atoms. The Morgan fingerprint density at radius 3 is 2.61 bits per heavy atom. The SMILES string of the molecule is O=C(O)C(=Cc1cnc2ccccc2c1)NC(=O)c1ccc(C(=O)NCc2ccc3cc[nH]c3c2)cc1Cl. The van der Waals surface area contributed by atoms with Gasteiger partial charge in [-0.15, -0.1) is 0 Å². The quantitative estimate of drug-likeness (QED) is 0.219. The van der Waals surface area contributed by atoms with E-state index in [1.807, 2.05) is 54.7 Å². The van der Waals surface area contributed by atoms with E-state index < -0.39 is 11.9 Å². The average molecular weight is 525 g/mol. The number of aromatic amines is 1. The van der Waals surface area contributed by atoms with Crippen LogP contribution in [0.15, 0.2) is 90.9 Å². The number of aromatic nitrogens is 2. The molecule has 38 heavy (non-hydrogen) atoms. The van der Waals surface area contributed by atoms with Crippen LogP contribution in [0.25, 0.3) is 27.9 Å². The number of nitrogens with zero attached hydrogens (tertiary/aromatic N) is 1. The maximum atomic E-state index is 12.8. The third-order valence-corrected chi connectivity index (χ3v) is 6.26. The first-order chi connectivity index (χ1) is 18.4. The molecule has 0 fully saturated rings. The van der Waals surface area contributed by atoms with E-state index in [1.54, 1.807) is 6.07 Å². The molecule has 0 saturated carbocycles. The summed E-state index contributed by atoms with van der Waals surface area (Å²) in [6.45, 7) is 0.310. The molecule has 0 spiro atoms. The minimum Gasteiger partial charge on any atom is -0.477 e. The van der Waals surface area contributed by atoms with Gasteiger partial charge in [-0.3, -0.25) is 14.6 Å². The summed E-state index contributed by atoms with van der Waals surface area (Å²) >= 11 is 6.31. The van der Waals surface area contributed by atoms with Crippen molar-refractivity contribution in [3.8, 4) is 0 Å². The number of amides is 2. The molecule has 2 amide bonds. The highest BCUT2D eigenvalue weighted by Gasteiger charge is 2.18. The lowest BCUT2D eigenvalue weighted by molar-refractivity contribution is -0.132. The number of benzene rings is 3. The van der Waals surface area contributed by atoms with E-state index in [1.165, 1.54) is 30.5 Å². The number of H-pyrrole nitrogens is 1. The maximum absolute atomic E-state index is 12.8. The van der Waals surface area contributed by atoms with Crippen LogP contribution in [0.2, 0.25) is 5.02 Å². The van der Waals surface area contributed by atoms with Gasteiger partial charge < -0.3 is 20.7 Å². The number of nitrogens with one attached hydrogen (secondary N) is 3. The first kappa shape index (κ1) is 24.7. The summed E-state index contributed by atoms with van der Waals surface area (Å²) in [5.41, 5.74) is 3.13. The van der Waals surface area contributed by atoms with Crippen molar-refractivity contribution < 1.29 is 19.5 Å². The molecule has 2 heterocycles. The van der Waals surface area contributed by atoms with Gasteiger partial charge in [0, 0.05) is 35.4 Å². The second-order valence-corrected chi connectivity index (χ2v) is 8.96. The zero-order valence-corrected chi connectivity index (χ0v) is 20.6. The van der Waals surface area contributed by atoms with Gasteiger partial charge in [-0.2, -0.15) is 0 Å². The Morgan fingerprint density at radius 1 is 0.947 bits per heavy atom. The fraction of sp³-hybridized carbons (Fsp3) is 0.0345. The van der Waals surface area contributed by atoms with Crippen LogP contribution in [0.5, 0.6) is 0 Å². The second-order valence-electron chi connectivity index (χ2n) is 8.56. The average Bonchev–Trinajstić information content (AvgIpc) is 3.39. The summed E-state index contributed by atoms with van der Waals surface area (Å²) in [7, 11) is 0. The van der Waals surface area contributed by atoms with E-state index in [4.69, 9.17) is 11.6 Å². The number of halogens is 1. The van der Waals surface area contributed by atoms with Crippen molar-refractivity contribution in [1.29, 1.82) is 0 Å².